The van der Waals surface area contributed by atoms with E-state index < -0.39 is 16.2 Å². The van der Waals surface area contributed by atoms with E-state index >= 15 is 0 Å². The van der Waals surface area contributed by atoms with E-state index in [0.29, 0.717) is 5.69 Å². The van der Waals surface area contributed by atoms with Gasteiger partial charge < -0.3 is 0 Å². The highest BCUT2D eigenvalue weighted by Crippen LogP contribution is 2.18. The molecule has 1 N–H and O–H groups in total. The summed E-state index contributed by atoms with van der Waals surface area (Å²) in [5.41, 5.74) is 0.649. The van der Waals surface area contributed by atoms with E-state index in [0.717, 1.165) is 0 Å². The molecule has 0 aromatic heterocycles. The fraction of sp³-hybridized carbons (Fsp3) is 0.562. The summed E-state index contributed by atoms with van der Waals surface area (Å²) in [6.07, 6.45) is 0. The molecule has 6 nitrogen and oxygen atoms in total. The van der Waals surface area contributed by atoms with Gasteiger partial charge in [0.05, 0.1) is 0 Å². The highest BCUT2D eigenvalue weighted by atomic mass is 32.2. The highest BCUT2D eigenvalue weighted by Gasteiger charge is 2.31. The van der Waals surface area contributed by atoms with Crippen LogP contribution in [0.1, 0.15) is 41.5 Å². The Morgan fingerprint density at radius 1 is 0.913 bits per heavy atom. The van der Waals surface area contributed by atoms with Crippen molar-refractivity contribution < 1.29 is 13.2 Å². The van der Waals surface area contributed by atoms with Crippen LogP contribution in [0.15, 0.2) is 30.3 Å². The number of urea groups is 1. The fourth-order valence-electron chi connectivity index (χ4n) is 2.60. The van der Waals surface area contributed by atoms with Crippen molar-refractivity contribution in [2.75, 3.05) is 4.90 Å². The summed E-state index contributed by atoms with van der Waals surface area (Å²) in [6.45, 7) is 10.8. The molecule has 0 aliphatic heterocycles. The number of hydrogen-bond donors (Lipinski definition) is 1. The van der Waals surface area contributed by atoms with Crippen LogP contribution in [-0.4, -0.2) is 36.9 Å². The number of anilines is 1. The first-order valence-corrected chi connectivity index (χ1v) is 9.21. The Balaban J connectivity index is 3.08. The van der Waals surface area contributed by atoms with Gasteiger partial charge >= 0.3 is 16.2 Å². The molecule has 1 aromatic rings. The van der Waals surface area contributed by atoms with E-state index in [2.05, 4.69) is 4.72 Å². The highest BCUT2D eigenvalue weighted by molar-refractivity contribution is 7.87. The first kappa shape index (κ1) is 19.4. The van der Waals surface area contributed by atoms with E-state index in [1.165, 1.54) is 9.21 Å². The van der Waals surface area contributed by atoms with Crippen LogP contribution >= 0.6 is 0 Å². The van der Waals surface area contributed by atoms with E-state index in [1.54, 1.807) is 52.0 Å². The lowest BCUT2D eigenvalue weighted by molar-refractivity contribution is 0.247. The second-order valence-electron chi connectivity index (χ2n) is 6.23. The molecule has 2 amide bonds. The van der Waals surface area contributed by atoms with Gasteiger partial charge in [0.15, 0.2) is 0 Å². The van der Waals surface area contributed by atoms with Crippen molar-refractivity contribution in [2.24, 2.45) is 0 Å². The lowest BCUT2D eigenvalue weighted by atomic mass is 10.2. The second-order valence-corrected chi connectivity index (χ2v) is 7.80. The van der Waals surface area contributed by atoms with Crippen LogP contribution in [0.2, 0.25) is 0 Å². The molecular formula is C16H27N3O3S. The van der Waals surface area contributed by atoms with Crippen LogP contribution in [0.5, 0.6) is 0 Å². The van der Waals surface area contributed by atoms with Gasteiger partial charge in [-0.3, -0.25) is 4.90 Å². The SMILES string of the molecule is CC(C)N(C(=O)NS(=O)(=O)N(C(C)C)C(C)C)c1ccccc1. The minimum Gasteiger partial charge on any atom is -0.291 e. The second kappa shape index (κ2) is 7.79. The molecule has 0 radical (unpaired) electrons. The van der Waals surface area contributed by atoms with Gasteiger partial charge in [0.2, 0.25) is 0 Å². The number of nitrogens with zero attached hydrogens (tertiary/aromatic N) is 2. The summed E-state index contributed by atoms with van der Waals surface area (Å²) in [5.74, 6) is 0. The van der Waals surface area contributed by atoms with Crippen LogP contribution in [0.25, 0.3) is 0 Å². The maximum Gasteiger partial charge on any atom is 0.336 e. The molecule has 23 heavy (non-hydrogen) atoms. The Labute approximate surface area is 139 Å². The van der Waals surface area contributed by atoms with Crippen molar-refractivity contribution in [1.82, 2.24) is 9.03 Å². The van der Waals surface area contributed by atoms with Gasteiger partial charge in [-0.15, -0.1) is 0 Å². The van der Waals surface area contributed by atoms with Gasteiger partial charge in [-0.2, -0.15) is 12.7 Å². The zero-order valence-electron chi connectivity index (χ0n) is 14.6. The van der Waals surface area contributed by atoms with Crippen LogP contribution in [0.3, 0.4) is 0 Å². The Bertz CT molecular complexity index is 605. The number of para-hydroxylation sites is 1. The normalized spacial score (nSPS) is 12.3. The summed E-state index contributed by atoms with van der Waals surface area (Å²) in [5, 5.41) is 0. The van der Waals surface area contributed by atoms with Crippen molar-refractivity contribution in [3.63, 3.8) is 0 Å². The van der Waals surface area contributed by atoms with E-state index in [9.17, 15) is 13.2 Å². The van der Waals surface area contributed by atoms with Crippen molar-refractivity contribution >= 4 is 21.9 Å². The molecular weight excluding hydrogens is 314 g/mol. The van der Waals surface area contributed by atoms with E-state index in [4.69, 9.17) is 0 Å². The Morgan fingerprint density at radius 2 is 1.39 bits per heavy atom. The zero-order chi connectivity index (χ0) is 17.8. The number of benzene rings is 1. The predicted molar refractivity (Wildman–Crippen MR) is 93.6 cm³/mol. The Kier molecular flexibility index (Phi) is 6.58. The smallest absolute Gasteiger partial charge is 0.291 e. The molecule has 7 heteroatoms. The molecule has 0 saturated carbocycles. The largest absolute Gasteiger partial charge is 0.336 e. The van der Waals surface area contributed by atoms with Crippen LogP contribution in [0, 0.1) is 0 Å². The standard InChI is InChI=1S/C16H27N3O3S/c1-12(2)18(15-10-8-7-9-11-15)16(20)17-23(21,22)19(13(3)4)14(5)6/h7-14H,1-6H3,(H,17,20). The third-order valence-electron chi connectivity index (χ3n) is 3.28. The molecule has 0 fully saturated rings. The third kappa shape index (κ3) is 4.94. The molecule has 0 saturated heterocycles. The molecule has 130 valence electrons. The molecule has 0 heterocycles. The van der Waals surface area contributed by atoms with E-state index in [1.807, 2.05) is 19.9 Å². The number of nitrogens with one attached hydrogen (secondary N) is 1. The van der Waals surface area contributed by atoms with Crippen molar-refractivity contribution in [3.8, 4) is 0 Å². The first-order valence-electron chi connectivity index (χ1n) is 7.77. The molecule has 0 aliphatic carbocycles. The fourth-order valence-corrected chi connectivity index (χ4v) is 4.14. The molecule has 0 aliphatic rings. The molecule has 0 unspecified atom stereocenters. The first-order chi connectivity index (χ1) is 10.6. The van der Waals surface area contributed by atoms with Crippen molar-refractivity contribution in [3.05, 3.63) is 30.3 Å². The molecule has 0 bridgehead atoms. The molecule has 0 atom stereocenters. The van der Waals surface area contributed by atoms with Gasteiger partial charge in [-0.05, 0) is 53.7 Å². The Morgan fingerprint density at radius 3 is 1.78 bits per heavy atom. The average molecular weight is 341 g/mol. The number of amides is 2. The minimum absolute atomic E-state index is 0.181. The average Bonchev–Trinajstić information content (AvgIpc) is 2.36. The summed E-state index contributed by atoms with van der Waals surface area (Å²) in [6, 6.07) is 7.67. The van der Waals surface area contributed by atoms with Gasteiger partial charge in [0, 0.05) is 23.8 Å². The lowest BCUT2D eigenvalue weighted by Gasteiger charge is -2.32. The summed E-state index contributed by atoms with van der Waals surface area (Å²) >= 11 is 0. The summed E-state index contributed by atoms with van der Waals surface area (Å²) < 4.78 is 28.6. The number of hydrogen-bond acceptors (Lipinski definition) is 3. The zero-order valence-corrected chi connectivity index (χ0v) is 15.5. The van der Waals surface area contributed by atoms with Crippen LogP contribution < -0.4 is 9.62 Å². The minimum atomic E-state index is -3.91. The number of carbonyl (C=O) groups excluding carboxylic acids is 1. The van der Waals surface area contributed by atoms with Crippen LogP contribution in [-0.2, 0) is 10.2 Å². The lowest BCUT2D eigenvalue weighted by Crippen LogP contribution is -2.54. The summed E-state index contributed by atoms with van der Waals surface area (Å²) in [4.78, 5) is 14.0. The third-order valence-corrected chi connectivity index (χ3v) is 5.11. The van der Waals surface area contributed by atoms with Gasteiger partial charge in [0.25, 0.3) is 0 Å². The maximum absolute atomic E-state index is 12.6. The maximum atomic E-state index is 12.6. The Hall–Kier alpha value is -1.60. The molecule has 0 spiro atoms. The van der Waals surface area contributed by atoms with Gasteiger partial charge in [-0.25, -0.2) is 9.52 Å². The van der Waals surface area contributed by atoms with Gasteiger partial charge in [0.1, 0.15) is 0 Å². The predicted octanol–water partition coefficient (Wildman–Crippen LogP) is 2.97. The number of rotatable bonds is 6. The number of carbonyl (C=O) groups is 1. The monoisotopic (exact) mass is 341 g/mol. The van der Waals surface area contributed by atoms with Gasteiger partial charge in [-0.1, -0.05) is 18.2 Å². The molecule has 1 rings (SSSR count). The quantitative estimate of drug-likeness (QED) is 0.865. The molecule has 1 aromatic carbocycles. The van der Waals surface area contributed by atoms with E-state index in [-0.39, 0.29) is 18.1 Å². The van der Waals surface area contributed by atoms with Crippen LogP contribution in [0.4, 0.5) is 10.5 Å². The summed E-state index contributed by atoms with van der Waals surface area (Å²) in [7, 11) is -3.91. The van der Waals surface area contributed by atoms with Crippen molar-refractivity contribution in [2.45, 2.75) is 59.7 Å². The van der Waals surface area contributed by atoms with Crippen molar-refractivity contribution in [1.29, 1.82) is 0 Å². The topological polar surface area (TPSA) is 69.7 Å².